The number of nitrogens with one attached hydrogen (secondary N) is 1. The lowest BCUT2D eigenvalue weighted by Gasteiger charge is -2.10. The van der Waals surface area contributed by atoms with Gasteiger partial charge in [-0.3, -0.25) is 0 Å². The van der Waals surface area contributed by atoms with Gasteiger partial charge >= 0.3 is 0 Å². The van der Waals surface area contributed by atoms with E-state index in [9.17, 15) is 8.42 Å². The van der Waals surface area contributed by atoms with Gasteiger partial charge in [-0.05, 0) is 49.4 Å². The van der Waals surface area contributed by atoms with E-state index in [1.54, 1.807) is 12.1 Å². The van der Waals surface area contributed by atoms with Crippen molar-refractivity contribution < 1.29 is 13.2 Å². The number of hydrogen-bond acceptors (Lipinski definition) is 3. The Bertz CT molecular complexity index is 679. The smallest absolute Gasteiger partial charge is 0.240 e. The van der Waals surface area contributed by atoms with Gasteiger partial charge in [-0.25, -0.2) is 13.1 Å². The van der Waals surface area contributed by atoms with Gasteiger partial charge in [0.2, 0.25) is 10.0 Å². The highest BCUT2D eigenvalue weighted by Crippen LogP contribution is 2.26. The zero-order valence-electron chi connectivity index (χ0n) is 11.5. The molecule has 2 aromatic rings. The summed E-state index contributed by atoms with van der Waals surface area (Å²) < 4.78 is 31.3. The lowest BCUT2D eigenvalue weighted by Crippen LogP contribution is -2.18. The van der Waals surface area contributed by atoms with Crippen molar-refractivity contribution in [1.29, 1.82) is 0 Å². The number of sulfonamides is 1. The van der Waals surface area contributed by atoms with Crippen LogP contribution in [0, 0.1) is 0 Å². The normalized spacial score (nSPS) is 11.3. The highest BCUT2D eigenvalue weighted by Gasteiger charge is 2.11. The van der Waals surface area contributed by atoms with Crippen molar-refractivity contribution in [2.75, 3.05) is 7.05 Å². The summed E-state index contributed by atoms with van der Waals surface area (Å²) >= 11 is 0. The van der Waals surface area contributed by atoms with Crippen molar-refractivity contribution in [3.05, 3.63) is 54.1 Å². The molecule has 1 N–H and O–H groups in total. The summed E-state index contributed by atoms with van der Waals surface area (Å²) in [6.07, 6.45) is 0.877. The summed E-state index contributed by atoms with van der Waals surface area (Å²) in [6, 6.07) is 14.1. The summed E-state index contributed by atoms with van der Waals surface area (Å²) in [4.78, 5) is 0.219. The summed E-state index contributed by atoms with van der Waals surface area (Å²) in [5, 5.41) is 0. The second kappa shape index (κ2) is 6.07. The fourth-order valence-corrected chi connectivity index (χ4v) is 2.56. The number of benzene rings is 2. The SMILES string of the molecule is CCc1ccccc1Oc1ccc(S(=O)(=O)NC)cc1. The molecule has 0 saturated carbocycles. The fourth-order valence-electron chi connectivity index (χ4n) is 1.83. The molecule has 0 aromatic heterocycles. The average molecular weight is 291 g/mol. The van der Waals surface area contributed by atoms with Crippen LogP contribution in [0.4, 0.5) is 0 Å². The minimum absolute atomic E-state index is 0.219. The van der Waals surface area contributed by atoms with Gasteiger partial charge in [-0.1, -0.05) is 25.1 Å². The van der Waals surface area contributed by atoms with Crippen LogP contribution in [0.15, 0.2) is 53.4 Å². The van der Waals surface area contributed by atoms with Gasteiger partial charge in [0.1, 0.15) is 11.5 Å². The third kappa shape index (κ3) is 3.18. The van der Waals surface area contributed by atoms with Gasteiger partial charge in [0.25, 0.3) is 0 Å². The fraction of sp³-hybridized carbons (Fsp3) is 0.200. The van der Waals surface area contributed by atoms with Crippen LogP contribution in [-0.4, -0.2) is 15.5 Å². The van der Waals surface area contributed by atoms with E-state index < -0.39 is 10.0 Å². The van der Waals surface area contributed by atoms with Crippen LogP contribution in [-0.2, 0) is 16.4 Å². The molecule has 4 nitrogen and oxygen atoms in total. The van der Waals surface area contributed by atoms with Gasteiger partial charge in [0.05, 0.1) is 4.90 Å². The quantitative estimate of drug-likeness (QED) is 0.921. The summed E-state index contributed by atoms with van der Waals surface area (Å²) in [5.41, 5.74) is 1.11. The average Bonchev–Trinajstić information content (AvgIpc) is 2.48. The van der Waals surface area contributed by atoms with E-state index in [4.69, 9.17) is 4.74 Å². The van der Waals surface area contributed by atoms with Crippen LogP contribution < -0.4 is 9.46 Å². The molecule has 5 heteroatoms. The van der Waals surface area contributed by atoms with Gasteiger partial charge in [-0.15, -0.1) is 0 Å². The number of para-hydroxylation sites is 1. The predicted octanol–water partition coefficient (Wildman–Crippen LogP) is 2.95. The molecule has 0 aliphatic carbocycles. The topological polar surface area (TPSA) is 55.4 Å². The van der Waals surface area contributed by atoms with Gasteiger partial charge < -0.3 is 4.74 Å². The first-order valence-electron chi connectivity index (χ1n) is 6.36. The first-order valence-corrected chi connectivity index (χ1v) is 7.84. The van der Waals surface area contributed by atoms with Crippen molar-refractivity contribution in [3.63, 3.8) is 0 Å². The van der Waals surface area contributed by atoms with Crippen LogP contribution in [0.5, 0.6) is 11.5 Å². The molecule has 2 aromatic carbocycles. The largest absolute Gasteiger partial charge is 0.457 e. The monoisotopic (exact) mass is 291 g/mol. The molecular formula is C15H17NO3S. The number of rotatable bonds is 5. The minimum Gasteiger partial charge on any atom is -0.457 e. The molecule has 0 unspecified atom stereocenters. The summed E-state index contributed by atoms with van der Waals surface area (Å²) in [7, 11) is -2.02. The number of aryl methyl sites for hydroxylation is 1. The lowest BCUT2D eigenvalue weighted by atomic mass is 10.1. The Morgan fingerprint density at radius 1 is 1.05 bits per heavy atom. The molecule has 0 saturated heterocycles. The van der Waals surface area contributed by atoms with Crippen molar-refractivity contribution in [1.82, 2.24) is 4.72 Å². The van der Waals surface area contributed by atoms with E-state index in [2.05, 4.69) is 11.6 Å². The third-order valence-corrected chi connectivity index (χ3v) is 4.41. The van der Waals surface area contributed by atoms with Crippen LogP contribution in [0.2, 0.25) is 0 Å². The Morgan fingerprint density at radius 3 is 2.30 bits per heavy atom. The highest BCUT2D eigenvalue weighted by atomic mass is 32.2. The van der Waals surface area contributed by atoms with E-state index >= 15 is 0 Å². The maximum atomic E-state index is 11.6. The van der Waals surface area contributed by atoms with Crippen molar-refractivity contribution >= 4 is 10.0 Å². The first kappa shape index (κ1) is 14.6. The maximum Gasteiger partial charge on any atom is 0.240 e. The molecule has 20 heavy (non-hydrogen) atoms. The molecule has 0 bridgehead atoms. The van der Waals surface area contributed by atoms with Crippen molar-refractivity contribution in [3.8, 4) is 11.5 Å². The Kier molecular flexibility index (Phi) is 4.42. The molecule has 0 atom stereocenters. The maximum absolute atomic E-state index is 11.6. The second-order valence-electron chi connectivity index (χ2n) is 4.24. The highest BCUT2D eigenvalue weighted by molar-refractivity contribution is 7.89. The Balaban J connectivity index is 2.23. The molecule has 0 radical (unpaired) electrons. The third-order valence-electron chi connectivity index (χ3n) is 2.98. The van der Waals surface area contributed by atoms with E-state index in [0.717, 1.165) is 17.7 Å². The molecular weight excluding hydrogens is 274 g/mol. The van der Waals surface area contributed by atoms with E-state index in [0.29, 0.717) is 5.75 Å². The second-order valence-corrected chi connectivity index (χ2v) is 6.13. The lowest BCUT2D eigenvalue weighted by molar-refractivity contribution is 0.476. The predicted molar refractivity (Wildman–Crippen MR) is 78.6 cm³/mol. The zero-order chi connectivity index (χ0) is 14.6. The van der Waals surface area contributed by atoms with Gasteiger partial charge in [-0.2, -0.15) is 0 Å². The molecule has 0 fully saturated rings. The van der Waals surface area contributed by atoms with Gasteiger partial charge in [0, 0.05) is 0 Å². The Labute approximate surface area is 119 Å². The molecule has 106 valence electrons. The zero-order valence-corrected chi connectivity index (χ0v) is 12.3. The molecule has 0 aliphatic rings. The van der Waals surface area contributed by atoms with Crippen LogP contribution in [0.3, 0.4) is 0 Å². The standard InChI is InChI=1S/C15H17NO3S/c1-3-12-6-4-5-7-15(12)19-13-8-10-14(11-9-13)20(17,18)16-2/h4-11,16H,3H2,1-2H3. The molecule has 0 amide bonds. The molecule has 0 heterocycles. The Hall–Kier alpha value is -1.85. The van der Waals surface area contributed by atoms with Crippen molar-refractivity contribution in [2.24, 2.45) is 0 Å². The number of hydrogen-bond donors (Lipinski definition) is 1. The molecule has 0 aliphatic heterocycles. The Morgan fingerprint density at radius 2 is 1.70 bits per heavy atom. The first-order chi connectivity index (χ1) is 9.56. The molecule has 2 rings (SSSR count). The van der Waals surface area contributed by atoms with Crippen LogP contribution in [0.1, 0.15) is 12.5 Å². The minimum atomic E-state index is -3.41. The van der Waals surface area contributed by atoms with E-state index in [1.165, 1.54) is 19.2 Å². The van der Waals surface area contributed by atoms with Crippen molar-refractivity contribution in [2.45, 2.75) is 18.2 Å². The molecule has 0 spiro atoms. The van der Waals surface area contributed by atoms with Crippen LogP contribution in [0.25, 0.3) is 0 Å². The summed E-state index contributed by atoms with van der Waals surface area (Å²) in [6.45, 7) is 2.06. The van der Waals surface area contributed by atoms with E-state index in [1.807, 2.05) is 24.3 Å². The van der Waals surface area contributed by atoms with Gasteiger partial charge in [0.15, 0.2) is 0 Å². The number of ether oxygens (including phenoxy) is 1. The van der Waals surface area contributed by atoms with E-state index in [-0.39, 0.29) is 4.90 Å². The summed E-state index contributed by atoms with van der Waals surface area (Å²) in [5.74, 6) is 1.40. The van der Waals surface area contributed by atoms with Crippen LogP contribution >= 0.6 is 0 Å².